The molecule has 0 bridgehead atoms. The Bertz CT molecular complexity index is 987. The van der Waals surface area contributed by atoms with Crippen LogP contribution < -0.4 is 0 Å². The summed E-state index contributed by atoms with van der Waals surface area (Å²) in [6.45, 7) is 4.67. The van der Waals surface area contributed by atoms with Crippen molar-refractivity contribution in [2.45, 2.75) is 32.9 Å². The fourth-order valence-electron chi connectivity index (χ4n) is 3.31. The molecule has 0 aliphatic heterocycles. The molecule has 0 N–H and O–H groups in total. The topological polar surface area (TPSA) is 53.8 Å². The lowest BCUT2D eigenvalue weighted by Crippen LogP contribution is -2.46. The van der Waals surface area contributed by atoms with E-state index < -0.39 is 0 Å². The largest absolute Gasteiger partial charge is 0.467 e. The highest BCUT2D eigenvalue weighted by molar-refractivity contribution is 6.31. The Morgan fingerprint density at radius 2 is 1.77 bits per heavy atom. The van der Waals surface area contributed by atoms with Crippen LogP contribution in [-0.2, 0) is 17.8 Å². The van der Waals surface area contributed by atoms with E-state index in [1.165, 1.54) is 0 Å². The van der Waals surface area contributed by atoms with Gasteiger partial charge in [0.05, 0.1) is 12.8 Å². The second-order valence-corrected chi connectivity index (χ2v) is 8.10. The smallest absolute Gasteiger partial charge is 0.254 e. The third-order valence-corrected chi connectivity index (χ3v) is 5.29. The molecule has 162 valence electrons. The van der Waals surface area contributed by atoms with Crippen LogP contribution in [0.1, 0.15) is 35.5 Å². The third-order valence-electron chi connectivity index (χ3n) is 5.05. The van der Waals surface area contributed by atoms with Crippen molar-refractivity contribution in [3.8, 4) is 0 Å². The fraction of sp³-hybridized carbons (Fsp3) is 0.280. The van der Waals surface area contributed by atoms with Crippen LogP contribution in [0.5, 0.6) is 0 Å². The molecule has 0 aliphatic carbocycles. The molecule has 5 nitrogen and oxygen atoms in total. The van der Waals surface area contributed by atoms with Crippen LogP contribution in [0.15, 0.2) is 77.4 Å². The number of amides is 2. The molecule has 0 saturated carbocycles. The molecule has 2 amide bonds. The van der Waals surface area contributed by atoms with Gasteiger partial charge >= 0.3 is 0 Å². The van der Waals surface area contributed by atoms with Gasteiger partial charge in [-0.1, -0.05) is 48.0 Å². The number of rotatable bonds is 9. The average molecular weight is 439 g/mol. The summed E-state index contributed by atoms with van der Waals surface area (Å²) in [5, 5.41) is 0.489. The van der Waals surface area contributed by atoms with Crippen molar-refractivity contribution in [2.75, 3.05) is 13.1 Å². The van der Waals surface area contributed by atoms with Crippen molar-refractivity contribution < 1.29 is 14.0 Å². The monoisotopic (exact) mass is 438 g/mol. The number of carbonyl (C=O) groups is 2. The first-order chi connectivity index (χ1) is 14.9. The van der Waals surface area contributed by atoms with Crippen molar-refractivity contribution in [3.63, 3.8) is 0 Å². The second kappa shape index (κ2) is 10.8. The van der Waals surface area contributed by atoms with Gasteiger partial charge in [0.15, 0.2) is 0 Å². The Morgan fingerprint density at radius 1 is 1.00 bits per heavy atom. The molecule has 0 spiro atoms. The first-order valence-corrected chi connectivity index (χ1v) is 10.7. The average Bonchev–Trinajstić information content (AvgIpc) is 3.28. The zero-order chi connectivity index (χ0) is 22.2. The summed E-state index contributed by atoms with van der Waals surface area (Å²) in [6, 6.07) is 20.3. The first-order valence-electron chi connectivity index (χ1n) is 10.3. The van der Waals surface area contributed by atoms with Gasteiger partial charge in [-0.2, -0.15) is 0 Å². The summed E-state index contributed by atoms with van der Waals surface area (Å²) in [5.41, 5.74) is 1.62. The lowest BCUT2D eigenvalue weighted by molar-refractivity contribution is -0.133. The number of nitrogens with zero attached hydrogens (tertiary/aromatic N) is 2. The number of halogens is 1. The molecule has 0 unspecified atom stereocenters. The van der Waals surface area contributed by atoms with Crippen LogP contribution in [0, 0.1) is 0 Å². The summed E-state index contributed by atoms with van der Waals surface area (Å²) < 4.78 is 5.46. The summed E-state index contributed by atoms with van der Waals surface area (Å²) >= 11 is 6.05. The molecule has 6 heteroatoms. The summed E-state index contributed by atoms with van der Waals surface area (Å²) in [6.07, 6.45) is 2.31. The van der Waals surface area contributed by atoms with E-state index in [2.05, 4.69) is 0 Å². The number of hydrogen-bond acceptors (Lipinski definition) is 3. The van der Waals surface area contributed by atoms with E-state index in [0.717, 1.165) is 12.0 Å². The Balaban J connectivity index is 1.75. The minimum Gasteiger partial charge on any atom is -0.467 e. The van der Waals surface area contributed by atoms with Gasteiger partial charge in [0.2, 0.25) is 5.91 Å². The summed E-state index contributed by atoms with van der Waals surface area (Å²) in [4.78, 5) is 29.7. The zero-order valence-electron chi connectivity index (χ0n) is 17.8. The van der Waals surface area contributed by atoms with Crippen LogP contribution in [-0.4, -0.2) is 40.7 Å². The highest BCUT2D eigenvalue weighted by Crippen LogP contribution is 2.16. The molecule has 31 heavy (non-hydrogen) atoms. The van der Waals surface area contributed by atoms with Gasteiger partial charge in [-0.05, 0) is 56.2 Å². The molecular weight excluding hydrogens is 412 g/mol. The van der Waals surface area contributed by atoms with Crippen LogP contribution in [0.4, 0.5) is 0 Å². The van der Waals surface area contributed by atoms with Gasteiger partial charge < -0.3 is 14.2 Å². The highest BCUT2D eigenvalue weighted by Gasteiger charge is 2.25. The summed E-state index contributed by atoms with van der Waals surface area (Å²) in [7, 11) is 0. The van der Waals surface area contributed by atoms with Crippen LogP contribution in [0.25, 0.3) is 0 Å². The van der Waals surface area contributed by atoms with E-state index in [1.807, 2.05) is 50.2 Å². The zero-order valence-corrected chi connectivity index (χ0v) is 18.6. The second-order valence-electron chi connectivity index (χ2n) is 7.67. The van der Waals surface area contributed by atoms with Gasteiger partial charge in [-0.25, -0.2) is 0 Å². The predicted molar refractivity (Wildman–Crippen MR) is 122 cm³/mol. The molecule has 1 heterocycles. The molecule has 1 aromatic heterocycles. The molecular formula is C25H27ClN2O3. The maximum absolute atomic E-state index is 13.3. The van der Waals surface area contributed by atoms with Crippen LogP contribution in [0.3, 0.4) is 0 Å². The molecule has 3 aromatic rings. The molecule has 0 fully saturated rings. The molecule has 0 aliphatic rings. The maximum Gasteiger partial charge on any atom is 0.254 e. The normalized spacial score (nSPS) is 10.8. The third kappa shape index (κ3) is 6.46. The Labute approximate surface area is 188 Å². The number of furan rings is 1. The molecule has 2 aromatic carbocycles. The Morgan fingerprint density at radius 3 is 2.42 bits per heavy atom. The van der Waals surface area contributed by atoms with Crippen LogP contribution in [0.2, 0.25) is 5.02 Å². The van der Waals surface area contributed by atoms with E-state index in [1.54, 1.807) is 46.4 Å². The molecule has 0 atom stereocenters. The number of carbonyl (C=O) groups excluding carboxylic acids is 2. The highest BCUT2D eigenvalue weighted by atomic mass is 35.5. The standard InChI is InChI=1S/C25H27ClN2O3/c1-19(2)28(25(30)21-10-6-11-22(26)16-21)18-24(29)27(17-23-12-7-15-31-23)14-13-20-8-4-3-5-9-20/h3-12,15-16,19H,13-14,17-18H2,1-2H3. The van der Waals surface area contributed by atoms with Crippen molar-refractivity contribution in [2.24, 2.45) is 0 Å². The summed E-state index contributed by atoms with van der Waals surface area (Å²) in [5.74, 6) is 0.363. The van der Waals surface area contributed by atoms with E-state index in [-0.39, 0.29) is 24.4 Å². The lowest BCUT2D eigenvalue weighted by atomic mass is 10.1. The van der Waals surface area contributed by atoms with Gasteiger partial charge in [0.25, 0.3) is 5.91 Å². The number of benzene rings is 2. The lowest BCUT2D eigenvalue weighted by Gasteiger charge is -2.30. The van der Waals surface area contributed by atoms with Gasteiger partial charge in [-0.3, -0.25) is 9.59 Å². The van der Waals surface area contributed by atoms with E-state index in [4.69, 9.17) is 16.0 Å². The van der Waals surface area contributed by atoms with Crippen molar-refractivity contribution in [1.82, 2.24) is 9.80 Å². The van der Waals surface area contributed by atoms with E-state index in [9.17, 15) is 9.59 Å². The van der Waals surface area contributed by atoms with Gasteiger partial charge in [-0.15, -0.1) is 0 Å². The van der Waals surface area contributed by atoms with Gasteiger partial charge in [0, 0.05) is 23.2 Å². The molecule has 0 radical (unpaired) electrons. The van der Waals surface area contributed by atoms with Gasteiger partial charge in [0.1, 0.15) is 12.3 Å². The van der Waals surface area contributed by atoms with Crippen molar-refractivity contribution in [1.29, 1.82) is 0 Å². The minimum absolute atomic E-state index is 0.0154. The number of hydrogen-bond donors (Lipinski definition) is 0. The van der Waals surface area contributed by atoms with E-state index >= 15 is 0 Å². The van der Waals surface area contributed by atoms with Crippen molar-refractivity contribution in [3.05, 3.63) is 94.9 Å². The minimum atomic E-state index is -0.216. The first kappa shape index (κ1) is 22.6. The van der Waals surface area contributed by atoms with Crippen LogP contribution >= 0.6 is 11.6 Å². The SMILES string of the molecule is CC(C)N(CC(=O)N(CCc1ccccc1)Cc1ccco1)C(=O)c1cccc(Cl)c1. The maximum atomic E-state index is 13.3. The predicted octanol–water partition coefficient (Wildman–Crippen LogP) is 5.06. The fourth-order valence-corrected chi connectivity index (χ4v) is 3.50. The molecule has 0 saturated heterocycles. The van der Waals surface area contributed by atoms with Crippen molar-refractivity contribution >= 4 is 23.4 Å². The Kier molecular flexibility index (Phi) is 7.90. The molecule has 3 rings (SSSR count). The quantitative estimate of drug-likeness (QED) is 0.469. The van der Waals surface area contributed by atoms with E-state index in [0.29, 0.717) is 29.4 Å². The Hall–Kier alpha value is -3.05.